The second-order valence-corrected chi connectivity index (χ2v) is 2.74. The maximum atomic E-state index is 10.4. The minimum absolute atomic E-state index is 0.125. The number of non-ortho nitro benzene ring substituents is 1. The lowest BCUT2D eigenvalue weighted by molar-refractivity contribution is -0.384. The van der Waals surface area contributed by atoms with Crippen LogP contribution in [-0.4, -0.2) is 16.0 Å². The van der Waals surface area contributed by atoms with Crippen molar-refractivity contribution >= 4 is 23.4 Å². The molecule has 0 radical (unpaired) electrons. The Balaban J connectivity index is 3.03. The Morgan fingerprint density at radius 2 is 2.20 bits per heavy atom. The van der Waals surface area contributed by atoms with Gasteiger partial charge in [-0.05, 0) is 17.7 Å². The van der Waals surface area contributed by atoms with Gasteiger partial charge in [0.05, 0.1) is 4.92 Å². The molecule has 1 rings (SSSR count). The molecule has 0 atom stereocenters. The van der Waals surface area contributed by atoms with Gasteiger partial charge in [-0.15, -0.1) is 0 Å². The zero-order chi connectivity index (χ0) is 11.4. The summed E-state index contributed by atoms with van der Waals surface area (Å²) in [6.07, 6.45) is 2.19. The van der Waals surface area contributed by atoms with Crippen molar-refractivity contribution in [2.24, 2.45) is 0 Å². The molecule has 0 amide bonds. The van der Waals surface area contributed by atoms with Crippen LogP contribution in [0.4, 0.5) is 11.4 Å². The van der Waals surface area contributed by atoms with Gasteiger partial charge in [-0.25, -0.2) is 4.79 Å². The van der Waals surface area contributed by atoms with Gasteiger partial charge in [0.15, 0.2) is 0 Å². The third-order valence-corrected chi connectivity index (χ3v) is 1.69. The second kappa shape index (κ2) is 4.23. The van der Waals surface area contributed by atoms with Crippen molar-refractivity contribution in [1.82, 2.24) is 0 Å². The smallest absolute Gasteiger partial charge is 0.328 e. The first kappa shape index (κ1) is 10.7. The molecule has 0 aliphatic heterocycles. The van der Waals surface area contributed by atoms with E-state index in [4.69, 9.17) is 10.8 Å². The molecule has 6 heteroatoms. The predicted molar refractivity (Wildman–Crippen MR) is 54.2 cm³/mol. The number of aliphatic carboxylic acids is 1. The van der Waals surface area contributed by atoms with Gasteiger partial charge >= 0.3 is 5.97 Å². The summed E-state index contributed by atoms with van der Waals surface area (Å²) in [4.78, 5) is 20.0. The highest BCUT2D eigenvalue weighted by atomic mass is 16.6. The highest BCUT2D eigenvalue weighted by Crippen LogP contribution is 2.20. The van der Waals surface area contributed by atoms with Crippen molar-refractivity contribution in [3.05, 3.63) is 40.0 Å². The third-order valence-electron chi connectivity index (χ3n) is 1.69. The summed E-state index contributed by atoms with van der Waals surface area (Å²) in [5.41, 5.74) is 5.97. The van der Waals surface area contributed by atoms with E-state index in [1.807, 2.05) is 0 Å². The van der Waals surface area contributed by atoms with Crippen LogP contribution >= 0.6 is 0 Å². The van der Waals surface area contributed by atoms with Gasteiger partial charge < -0.3 is 10.8 Å². The summed E-state index contributed by atoms with van der Waals surface area (Å²) in [6.45, 7) is 0. The van der Waals surface area contributed by atoms with Crippen molar-refractivity contribution < 1.29 is 14.8 Å². The van der Waals surface area contributed by atoms with E-state index in [0.29, 0.717) is 5.56 Å². The molecule has 0 bridgehead atoms. The van der Waals surface area contributed by atoms with E-state index >= 15 is 0 Å². The molecule has 0 aliphatic carbocycles. The minimum Gasteiger partial charge on any atom is -0.478 e. The third kappa shape index (κ3) is 2.80. The van der Waals surface area contributed by atoms with E-state index in [9.17, 15) is 14.9 Å². The number of carbonyl (C=O) groups is 1. The van der Waals surface area contributed by atoms with E-state index in [1.165, 1.54) is 24.3 Å². The van der Waals surface area contributed by atoms with Gasteiger partial charge in [0, 0.05) is 23.9 Å². The standard InChI is InChI=1S/C9H8N2O4/c10-8-5-7(11(14)15)3-1-6(8)2-4-9(12)13/h1-5H,10H2,(H,12,13). The van der Waals surface area contributed by atoms with Crippen LogP contribution < -0.4 is 5.73 Å². The van der Waals surface area contributed by atoms with Gasteiger partial charge in [0.2, 0.25) is 0 Å². The summed E-state index contributed by atoms with van der Waals surface area (Å²) in [7, 11) is 0. The lowest BCUT2D eigenvalue weighted by Crippen LogP contribution is -1.94. The predicted octanol–water partition coefficient (Wildman–Crippen LogP) is 1.27. The summed E-state index contributed by atoms with van der Waals surface area (Å²) >= 11 is 0. The molecular formula is C9H8N2O4. The Morgan fingerprint density at radius 3 is 2.67 bits per heavy atom. The van der Waals surface area contributed by atoms with Crippen molar-refractivity contribution in [1.29, 1.82) is 0 Å². The maximum absolute atomic E-state index is 10.4. The summed E-state index contributed by atoms with van der Waals surface area (Å²) < 4.78 is 0. The van der Waals surface area contributed by atoms with Crippen molar-refractivity contribution in [2.75, 3.05) is 5.73 Å². The zero-order valence-corrected chi connectivity index (χ0v) is 7.58. The number of nitro benzene ring substituents is 1. The normalized spacial score (nSPS) is 10.4. The van der Waals surface area contributed by atoms with Gasteiger partial charge in [0.1, 0.15) is 0 Å². The summed E-state index contributed by atoms with van der Waals surface area (Å²) in [5.74, 6) is -1.10. The lowest BCUT2D eigenvalue weighted by atomic mass is 10.1. The number of rotatable bonds is 3. The molecule has 3 N–H and O–H groups in total. The molecule has 0 aliphatic rings. The number of hydrogen-bond acceptors (Lipinski definition) is 4. The molecule has 0 heterocycles. The Hall–Kier alpha value is -2.37. The number of nitrogens with two attached hydrogens (primary N) is 1. The molecule has 0 fully saturated rings. The molecule has 0 aromatic heterocycles. The fraction of sp³-hybridized carbons (Fsp3) is 0. The average Bonchev–Trinajstić information content (AvgIpc) is 2.15. The van der Waals surface area contributed by atoms with E-state index in [0.717, 1.165) is 6.08 Å². The fourth-order valence-electron chi connectivity index (χ4n) is 0.989. The van der Waals surface area contributed by atoms with Crippen molar-refractivity contribution in [2.45, 2.75) is 0 Å². The largest absolute Gasteiger partial charge is 0.478 e. The molecule has 1 aromatic rings. The number of benzene rings is 1. The van der Waals surface area contributed by atoms with Crippen LogP contribution in [0.3, 0.4) is 0 Å². The van der Waals surface area contributed by atoms with Crippen molar-refractivity contribution in [3.8, 4) is 0 Å². The Labute approximate surface area is 84.8 Å². The van der Waals surface area contributed by atoms with E-state index in [2.05, 4.69) is 0 Å². The fourth-order valence-corrected chi connectivity index (χ4v) is 0.989. The number of anilines is 1. The van der Waals surface area contributed by atoms with E-state index in [1.54, 1.807) is 0 Å². The molecule has 78 valence electrons. The molecule has 6 nitrogen and oxygen atoms in total. The van der Waals surface area contributed by atoms with Crippen LogP contribution in [0.15, 0.2) is 24.3 Å². The molecule has 15 heavy (non-hydrogen) atoms. The van der Waals surface area contributed by atoms with Crippen LogP contribution in [0.25, 0.3) is 6.08 Å². The molecule has 0 spiro atoms. The molecule has 0 unspecified atom stereocenters. The average molecular weight is 208 g/mol. The molecule has 1 aromatic carbocycles. The lowest BCUT2D eigenvalue weighted by Gasteiger charge is -1.99. The number of hydrogen-bond donors (Lipinski definition) is 2. The molecule has 0 saturated heterocycles. The molecule has 0 saturated carbocycles. The quantitative estimate of drug-likeness (QED) is 0.336. The van der Waals surface area contributed by atoms with Gasteiger partial charge in [-0.3, -0.25) is 10.1 Å². The van der Waals surface area contributed by atoms with Crippen LogP contribution in [0, 0.1) is 10.1 Å². The minimum atomic E-state index is -1.10. The topological polar surface area (TPSA) is 106 Å². The Morgan fingerprint density at radius 1 is 1.53 bits per heavy atom. The van der Waals surface area contributed by atoms with Gasteiger partial charge in [0.25, 0.3) is 5.69 Å². The first-order valence-electron chi connectivity index (χ1n) is 3.95. The first-order chi connectivity index (χ1) is 7.00. The van der Waals surface area contributed by atoms with Gasteiger partial charge in [-0.1, -0.05) is 0 Å². The van der Waals surface area contributed by atoms with Crippen LogP contribution in [-0.2, 0) is 4.79 Å². The summed E-state index contributed by atoms with van der Waals surface area (Å²) in [5, 5.41) is 18.7. The monoisotopic (exact) mass is 208 g/mol. The van der Waals surface area contributed by atoms with Crippen LogP contribution in [0.5, 0.6) is 0 Å². The number of carboxylic acid groups (broad SMARTS) is 1. The number of nitro groups is 1. The van der Waals surface area contributed by atoms with E-state index in [-0.39, 0.29) is 11.4 Å². The second-order valence-electron chi connectivity index (χ2n) is 2.74. The maximum Gasteiger partial charge on any atom is 0.328 e. The number of nitrogen functional groups attached to an aromatic ring is 1. The van der Waals surface area contributed by atoms with E-state index < -0.39 is 10.9 Å². The summed E-state index contributed by atoms with van der Waals surface area (Å²) in [6, 6.07) is 3.84. The zero-order valence-electron chi connectivity index (χ0n) is 7.58. The Bertz CT molecular complexity index is 440. The first-order valence-corrected chi connectivity index (χ1v) is 3.95. The SMILES string of the molecule is Nc1cc([N+](=O)[O-])ccc1C=CC(=O)O. The van der Waals surface area contributed by atoms with Crippen molar-refractivity contribution in [3.63, 3.8) is 0 Å². The Kier molecular flexibility index (Phi) is 3.02. The van der Waals surface area contributed by atoms with Gasteiger partial charge in [-0.2, -0.15) is 0 Å². The van der Waals surface area contributed by atoms with Crippen LogP contribution in [0.2, 0.25) is 0 Å². The highest BCUT2D eigenvalue weighted by molar-refractivity contribution is 5.86. The molecular weight excluding hydrogens is 200 g/mol. The number of carboxylic acids is 1. The number of nitrogens with zero attached hydrogens (tertiary/aromatic N) is 1. The highest BCUT2D eigenvalue weighted by Gasteiger charge is 2.06. The van der Waals surface area contributed by atoms with Crippen LogP contribution in [0.1, 0.15) is 5.56 Å².